The van der Waals surface area contributed by atoms with Crippen molar-refractivity contribution in [1.29, 1.82) is 0 Å². The van der Waals surface area contributed by atoms with Crippen molar-refractivity contribution in [2.24, 2.45) is 0 Å². The molecule has 2 aromatic carbocycles. The average Bonchev–Trinajstić information content (AvgIpc) is 2.64. The molecule has 0 unspecified atom stereocenters. The first kappa shape index (κ1) is 18.0. The van der Waals surface area contributed by atoms with Crippen molar-refractivity contribution in [2.45, 2.75) is 25.5 Å². The lowest BCUT2D eigenvalue weighted by Gasteiger charge is -2.16. The lowest BCUT2D eigenvalue weighted by Crippen LogP contribution is -2.42. The number of hydrogen-bond acceptors (Lipinski definition) is 3. The molecule has 0 radical (unpaired) electrons. The van der Waals surface area contributed by atoms with E-state index in [4.69, 9.17) is 16.3 Å². The molecule has 0 aromatic heterocycles. The second-order valence-corrected chi connectivity index (χ2v) is 5.65. The summed E-state index contributed by atoms with van der Waals surface area (Å²) in [6.45, 7) is 0.160. The molecule has 0 aliphatic heterocycles. The quantitative estimate of drug-likeness (QED) is 0.742. The third kappa shape index (κ3) is 6.05. The van der Waals surface area contributed by atoms with Gasteiger partial charge in [-0.1, -0.05) is 60.7 Å². The van der Waals surface area contributed by atoms with Crippen LogP contribution >= 0.6 is 11.6 Å². The molecule has 4 nitrogen and oxygen atoms in total. The second-order valence-electron chi connectivity index (χ2n) is 5.38. The van der Waals surface area contributed by atoms with Gasteiger partial charge < -0.3 is 10.1 Å². The number of alkyl carbamates (subject to hydrolysis) is 1. The van der Waals surface area contributed by atoms with Crippen LogP contribution in [0.25, 0.3) is 0 Å². The summed E-state index contributed by atoms with van der Waals surface area (Å²) >= 11 is 5.64. The Kier molecular flexibility index (Phi) is 7.30. The number of hydrogen-bond donors (Lipinski definition) is 1. The molecule has 2 aromatic rings. The van der Waals surface area contributed by atoms with Crippen LogP contribution in [0.2, 0.25) is 0 Å². The summed E-state index contributed by atoms with van der Waals surface area (Å²) in [6.07, 6.45) is 0.540. The van der Waals surface area contributed by atoms with Crippen molar-refractivity contribution in [3.8, 4) is 0 Å². The first-order valence-electron chi connectivity index (χ1n) is 7.79. The Labute approximate surface area is 146 Å². The minimum atomic E-state index is -0.647. The van der Waals surface area contributed by atoms with E-state index in [1.807, 2.05) is 60.7 Å². The Morgan fingerprint density at radius 2 is 1.54 bits per heavy atom. The van der Waals surface area contributed by atoms with Crippen LogP contribution in [0.5, 0.6) is 0 Å². The van der Waals surface area contributed by atoms with Gasteiger partial charge in [-0.15, -0.1) is 11.6 Å². The Morgan fingerprint density at radius 1 is 0.958 bits per heavy atom. The smallest absolute Gasteiger partial charge is 0.408 e. The van der Waals surface area contributed by atoms with E-state index >= 15 is 0 Å². The highest BCUT2D eigenvalue weighted by Crippen LogP contribution is 2.07. The van der Waals surface area contributed by atoms with E-state index in [-0.39, 0.29) is 18.3 Å². The molecule has 0 spiro atoms. The number of benzene rings is 2. The van der Waals surface area contributed by atoms with Crippen molar-refractivity contribution in [2.75, 3.05) is 5.88 Å². The van der Waals surface area contributed by atoms with Gasteiger partial charge in [0.15, 0.2) is 5.78 Å². The third-order valence-corrected chi connectivity index (χ3v) is 3.85. The van der Waals surface area contributed by atoms with E-state index in [9.17, 15) is 9.59 Å². The number of nitrogens with one attached hydrogen (secondary N) is 1. The van der Waals surface area contributed by atoms with Gasteiger partial charge >= 0.3 is 6.09 Å². The maximum atomic E-state index is 11.9. The fourth-order valence-electron chi connectivity index (χ4n) is 2.27. The van der Waals surface area contributed by atoms with E-state index in [0.29, 0.717) is 12.8 Å². The molecule has 0 aliphatic carbocycles. The Morgan fingerprint density at radius 3 is 2.12 bits per heavy atom. The van der Waals surface area contributed by atoms with Crippen LogP contribution in [0.4, 0.5) is 4.79 Å². The number of amides is 1. The molecule has 0 heterocycles. The summed E-state index contributed by atoms with van der Waals surface area (Å²) in [5.41, 5.74) is 1.99. The first-order valence-corrected chi connectivity index (χ1v) is 8.32. The third-order valence-electron chi connectivity index (χ3n) is 3.59. The zero-order valence-electron chi connectivity index (χ0n) is 13.3. The molecule has 126 valence electrons. The van der Waals surface area contributed by atoms with E-state index in [1.54, 1.807) is 0 Å². The van der Waals surface area contributed by atoms with Gasteiger partial charge in [0, 0.05) is 0 Å². The van der Waals surface area contributed by atoms with Gasteiger partial charge in [-0.2, -0.15) is 0 Å². The number of aryl methyl sites for hydroxylation is 1. The zero-order chi connectivity index (χ0) is 17.2. The Hall–Kier alpha value is -2.33. The summed E-state index contributed by atoms with van der Waals surface area (Å²) in [7, 11) is 0. The van der Waals surface area contributed by atoms with Gasteiger partial charge in [0.2, 0.25) is 0 Å². The number of alkyl halides is 1. The molecule has 0 fully saturated rings. The minimum Gasteiger partial charge on any atom is -0.445 e. The number of carbonyl (C=O) groups excluding carboxylic acids is 2. The van der Waals surface area contributed by atoms with Crippen LogP contribution < -0.4 is 5.32 Å². The highest BCUT2D eigenvalue weighted by atomic mass is 35.5. The molecule has 1 amide bonds. The summed E-state index contributed by atoms with van der Waals surface area (Å²) in [5, 5.41) is 2.61. The van der Waals surface area contributed by atoms with Gasteiger partial charge in [-0.25, -0.2) is 4.79 Å². The first-order chi connectivity index (χ1) is 11.7. The van der Waals surface area contributed by atoms with Gasteiger partial charge in [-0.3, -0.25) is 4.79 Å². The summed E-state index contributed by atoms with van der Waals surface area (Å²) in [4.78, 5) is 23.9. The van der Waals surface area contributed by atoms with E-state index in [0.717, 1.165) is 11.1 Å². The molecule has 2 rings (SSSR count). The lowest BCUT2D eigenvalue weighted by molar-refractivity contribution is -0.118. The van der Waals surface area contributed by atoms with Crippen molar-refractivity contribution < 1.29 is 14.3 Å². The largest absolute Gasteiger partial charge is 0.445 e. The number of carbonyl (C=O) groups is 2. The molecule has 0 bridgehead atoms. The number of rotatable bonds is 8. The molecule has 1 atom stereocenters. The zero-order valence-corrected chi connectivity index (χ0v) is 14.0. The van der Waals surface area contributed by atoms with Crippen molar-refractivity contribution in [3.63, 3.8) is 0 Å². The monoisotopic (exact) mass is 345 g/mol. The number of Topliss-reactive ketones (excluding diaryl/α,β-unsaturated/α-hetero) is 1. The fraction of sp³-hybridized carbons (Fsp3) is 0.263. The average molecular weight is 346 g/mol. The van der Waals surface area contributed by atoms with Crippen LogP contribution in [-0.4, -0.2) is 23.8 Å². The standard InChI is InChI=1S/C19H20ClNO3/c20-13-18(22)17(12-11-15-7-3-1-4-8-15)21-19(23)24-14-16-9-5-2-6-10-16/h1-10,17H,11-14H2,(H,21,23)/t17-/m0/s1. The van der Waals surface area contributed by atoms with Crippen molar-refractivity contribution >= 4 is 23.5 Å². The van der Waals surface area contributed by atoms with Crippen molar-refractivity contribution in [3.05, 3.63) is 71.8 Å². The van der Waals surface area contributed by atoms with E-state index in [1.165, 1.54) is 0 Å². The molecule has 1 N–H and O–H groups in total. The molecule has 0 saturated heterocycles. The van der Waals surface area contributed by atoms with E-state index in [2.05, 4.69) is 5.32 Å². The maximum Gasteiger partial charge on any atom is 0.408 e. The lowest BCUT2D eigenvalue weighted by atomic mass is 10.0. The second kappa shape index (κ2) is 9.73. The SMILES string of the molecule is O=C(N[C@@H](CCc1ccccc1)C(=O)CCl)OCc1ccccc1. The number of ketones is 1. The topological polar surface area (TPSA) is 55.4 Å². The number of ether oxygens (including phenoxy) is 1. The molecule has 0 aliphatic rings. The van der Waals surface area contributed by atoms with Crippen molar-refractivity contribution in [1.82, 2.24) is 5.32 Å². The molecular weight excluding hydrogens is 326 g/mol. The van der Waals surface area contributed by atoms with Gasteiger partial charge in [0.25, 0.3) is 0 Å². The predicted molar refractivity (Wildman–Crippen MR) is 94.0 cm³/mol. The molecule has 24 heavy (non-hydrogen) atoms. The Bertz CT molecular complexity index is 646. The van der Waals surface area contributed by atoms with Crippen LogP contribution in [0.3, 0.4) is 0 Å². The summed E-state index contributed by atoms with van der Waals surface area (Å²) in [5.74, 6) is -0.359. The van der Waals surface area contributed by atoms with Crippen LogP contribution in [-0.2, 0) is 22.6 Å². The molecular formula is C19H20ClNO3. The molecule has 0 saturated carbocycles. The van der Waals surface area contributed by atoms with E-state index < -0.39 is 12.1 Å². The number of halogens is 1. The highest BCUT2D eigenvalue weighted by molar-refractivity contribution is 6.28. The van der Waals surface area contributed by atoms with Gasteiger partial charge in [-0.05, 0) is 24.0 Å². The summed E-state index contributed by atoms with van der Waals surface area (Å²) in [6, 6.07) is 18.5. The minimum absolute atomic E-state index is 0.140. The maximum absolute atomic E-state index is 11.9. The predicted octanol–water partition coefficient (Wildman–Crippen LogP) is 3.72. The van der Waals surface area contributed by atoms with Gasteiger partial charge in [0.1, 0.15) is 6.61 Å². The molecule has 5 heteroatoms. The Balaban J connectivity index is 1.85. The van der Waals surface area contributed by atoms with Crippen LogP contribution in [0, 0.1) is 0 Å². The normalized spacial score (nSPS) is 11.5. The highest BCUT2D eigenvalue weighted by Gasteiger charge is 2.20. The summed E-state index contributed by atoms with van der Waals surface area (Å²) < 4.78 is 5.16. The van der Waals surface area contributed by atoms with Crippen LogP contribution in [0.1, 0.15) is 17.5 Å². The van der Waals surface area contributed by atoms with Crippen LogP contribution in [0.15, 0.2) is 60.7 Å². The van der Waals surface area contributed by atoms with Gasteiger partial charge in [0.05, 0.1) is 11.9 Å². The fourth-order valence-corrected chi connectivity index (χ4v) is 2.46.